The molecule has 1 fully saturated rings. The first kappa shape index (κ1) is 20.5. The predicted molar refractivity (Wildman–Crippen MR) is 89.0 cm³/mol. The number of rotatable bonds is 9. The number of carbonyl (C=O) groups is 1. The fourth-order valence-corrected chi connectivity index (χ4v) is 2.43. The summed E-state index contributed by atoms with van der Waals surface area (Å²) in [5.74, 6) is 1.55. The first-order valence-corrected chi connectivity index (χ1v) is 7.91. The average molecular weight is 390 g/mol. The number of ether oxygens (including phenoxy) is 2. The van der Waals surface area contributed by atoms with Crippen LogP contribution in [0.2, 0.25) is 0 Å². The van der Waals surface area contributed by atoms with Gasteiger partial charge < -0.3 is 13.7 Å². The van der Waals surface area contributed by atoms with Crippen LogP contribution >= 0.6 is 12.9 Å². The highest BCUT2D eigenvalue weighted by molar-refractivity contribution is 7.75. The van der Waals surface area contributed by atoms with Crippen LogP contribution in [0, 0.1) is 12.3 Å². The molecule has 0 atom stereocenters. The van der Waals surface area contributed by atoms with Gasteiger partial charge in [0.25, 0.3) is 0 Å². The van der Waals surface area contributed by atoms with Crippen LogP contribution in [0.3, 0.4) is 0 Å². The number of hydrogen-bond donors (Lipinski definition) is 3. The van der Waals surface area contributed by atoms with Crippen molar-refractivity contribution >= 4 is 18.9 Å². The van der Waals surface area contributed by atoms with Crippen LogP contribution in [-0.4, -0.2) is 38.6 Å². The Hall–Kier alpha value is -1.77. The standard InChI is InChI=1S/C16H17F3N2O4S/c1-2-6-23-8-9-24-7-5-11-10-12(3-4-13(11)14(22)25-26)15(20-21-15)16(17,18)19/h1,3-4,10,20-21,26H,5-9H2. The van der Waals surface area contributed by atoms with Crippen molar-refractivity contribution in [3.8, 4) is 12.3 Å². The van der Waals surface area contributed by atoms with Crippen LogP contribution in [0.1, 0.15) is 21.5 Å². The average Bonchev–Trinajstić information content (AvgIpc) is 3.42. The molecule has 1 heterocycles. The highest BCUT2D eigenvalue weighted by Crippen LogP contribution is 2.42. The lowest BCUT2D eigenvalue weighted by molar-refractivity contribution is -0.165. The number of halogens is 3. The van der Waals surface area contributed by atoms with Gasteiger partial charge in [-0.2, -0.15) is 13.2 Å². The summed E-state index contributed by atoms with van der Waals surface area (Å²) < 4.78 is 54.4. The Morgan fingerprint density at radius 1 is 1.23 bits per heavy atom. The van der Waals surface area contributed by atoms with Gasteiger partial charge in [-0.15, -0.1) is 6.42 Å². The molecule has 0 radical (unpaired) electrons. The van der Waals surface area contributed by atoms with E-state index in [4.69, 9.17) is 15.9 Å². The smallest absolute Gasteiger partial charge is 0.391 e. The molecule has 0 bridgehead atoms. The van der Waals surface area contributed by atoms with E-state index in [1.165, 1.54) is 18.2 Å². The van der Waals surface area contributed by atoms with E-state index >= 15 is 0 Å². The van der Waals surface area contributed by atoms with E-state index in [9.17, 15) is 18.0 Å². The number of alkyl halides is 3. The van der Waals surface area contributed by atoms with Crippen LogP contribution in [0.15, 0.2) is 18.2 Å². The molecular weight excluding hydrogens is 373 g/mol. The van der Waals surface area contributed by atoms with Gasteiger partial charge in [0.1, 0.15) is 6.61 Å². The third-order valence-corrected chi connectivity index (χ3v) is 3.88. The van der Waals surface area contributed by atoms with Gasteiger partial charge in [-0.05, 0) is 23.6 Å². The zero-order valence-electron chi connectivity index (χ0n) is 13.6. The van der Waals surface area contributed by atoms with Crippen molar-refractivity contribution in [3.63, 3.8) is 0 Å². The van der Waals surface area contributed by atoms with Crippen molar-refractivity contribution in [3.05, 3.63) is 34.9 Å². The molecular formula is C16H17F3N2O4S. The van der Waals surface area contributed by atoms with Crippen LogP contribution in [0.4, 0.5) is 13.2 Å². The number of terminal acetylenes is 1. The molecule has 1 aromatic carbocycles. The molecule has 1 aromatic rings. The quantitative estimate of drug-likeness (QED) is 0.196. The summed E-state index contributed by atoms with van der Waals surface area (Å²) in [7, 11) is 0. The molecule has 26 heavy (non-hydrogen) atoms. The Morgan fingerprint density at radius 3 is 2.50 bits per heavy atom. The first-order valence-electron chi connectivity index (χ1n) is 7.55. The molecule has 0 unspecified atom stereocenters. The van der Waals surface area contributed by atoms with E-state index in [-0.39, 0.29) is 37.4 Å². The number of hydrogen-bond acceptors (Lipinski definition) is 7. The van der Waals surface area contributed by atoms with Gasteiger partial charge in [0.05, 0.1) is 25.4 Å². The minimum absolute atomic E-state index is 0.0620. The summed E-state index contributed by atoms with van der Waals surface area (Å²) in [6.45, 7) is 0.905. The summed E-state index contributed by atoms with van der Waals surface area (Å²) in [4.78, 5) is 11.8. The highest BCUT2D eigenvalue weighted by Gasteiger charge is 2.65. The Bertz CT molecular complexity index is 687. The normalized spacial score (nSPS) is 15.3. The zero-order chi connectivity index (χ0) is 19.2. The monoisotopic (exact) mass is 390 g/mol. The van der Waals surface area contributed by atoms with Crippen LogP contribution < -0.4 is 10.9 Å². The number of carbonyl (C=O) groups excluding carboxylic acids is 1. The molecule has 0 saturated carbocycles. The van der Waals surface area contributed by atoms with Crippen LogP contribution in [0.5, 0.6) is 0 Å². The first-order chi connectivity index (χ1) is 12.4. The van der Waals surface area contributed by atoms with E-state index in [2.05, 4.69) is 33.9 Å². The Balaban J connectivity index is 2.08. The summed E-state index contributed by atoms with van der Waals surface area (Å²) in [6.07, 6.45) is 0.695. The number of nitrogens with one attached hydrogen (secondary N) is 2. The summed E-state index contributed by atoms with van der Waals surface area (Å²) in [6, 6.07) is 3.77. The van der Waals surface area contributed by atoms with Gasteiger partial charge in [0, 0.05) is 12.9 Å². The molecule has 1 saturated heterocycles. The Morgan fingerprint density at radius 2 is 1.92 bits per heavy atom. The molecule has 2 rings (SSSR count). The minimum atomic E-state index is -4.54. The highest BCUT2D eigenvalue weighted by atomic mass is 32.1. The van der Waals surface area contributed by atoms with E-state index in [1.54, 1.807) is 0 Å². The molecule has 1 aliphatic rings. The molecule has 0 aromatic heterocycles. The molecule has 0 amide bonds. The molecule has 0 aliphatic carbocycles. The fourth-order valence-electron chi connectivity index (χ4n) is 2.33. The van der Waals surface area contributed by atoms with Gasteiger partial charge in [0.15, 0.2) is 0 Å². The lowest BCUT2D eigenvalue weighted by Crippen LogP contribution is -2.35. The minimum Gasteiger partial charge on any atom is -0.391 e. The summed E-state index contributed by atoms with van der Waals surface area (Å²) in [5, 5.41) is 0. The lowest BCUT2D eigenvalue weighted by atomic mass is 9.96. The second kappa shape index (κ2) is 8.75. The predicted octanol–water partition coefficient (Wildman–Crippen LogP) is 1.72. The van der Waals surface area contributed by atoms with Gasteiger partial charge >= 0.3 is 12.1 Å². The molecule has 0 spiro atoms. The Kier molecular flexibility index (Phi) is 6.91. The second-order valence-corrected chi connectivity index (χ2v) is 5.55. The number of thiol groups is 1. The van der Waals surface area contributed by atoms with Crippen molar-refractivity contribution in [2.45, 2.75) is 18.3 Å². The molecule has 10 heteroatoms. The van der Waals surface area contributed by atoms with Crippen LogP contribution in [-0.2, 0) is 25.7 Å². The largest absolute Gasteiger partial charge is 0.426 e. The molecule has 2 N–H and O–H groups in total. The maximum Gasteiger partial charge on any atom is 0.426 e. The maximum atomic E-state index is 13.2. The third kappa shape index (κ3) is 4.69. The van der Waals surface area contributed by atoms with Crippen LogP contribution in [0.25, 0.3) is 0 Å². The number of hydrazine groups is 1. The summed E-state index contributed by atoms with van der Waals surface area (Å²) >= 11 is 3.45. The van der Waals surface area contributed by atoms with Crippen molar-refractivity contribution in [1.29, 1.82) is 0 Å². The van der Waals surface area contributed by atoms with Crippen molar-refractivity contribution in [2.24, 2.45) is 0 Å². The third-order valence-electron chi connectivity index (χ3n) is 3.71. The van der Waals surface area contributed by atoms with Crippen molar-refractivity contribution in [2.75, 3.05) is 26.4 Å². The molecule has 1 aliphatic heterocycles. The zero-order valence-corrected chi connectivity index (χ0v) is 14.5. The van der Waals surface area contributed by atoms with Gasteiger partial charge in [-0.1, -0.05) is 18.1 Å². The fraction of sp³-hybridized carbons (Fsp3) is 0.438. The van der Waals surface area contributed by atoms with E-state index in [0.717, 1.165) is 0 Å². The lowest BCUT2D eigenvalue weighted by Gasteiger charge is -2.18. The summed E-state index contributed by atoms with van der Waals surface area (Å²) in [5.41, 5.74) is 2.34. The molecule has 6 nitrogen and oxygen atoms in total. The van der Waals surface area contributed by atoms with Crippen molar-refractivity contribution in [1.82, 2.24) is 10.9 Å². The van der Waals surface area contributed by atoms with Gasteiger partial charge in [-0.3, -0.25) is 0 Å². The molecule has 142 valence electrons. The van der Waals surface area contributed by atoms with Crippen molar-refractivity contribution < 1.29 is 31.6 Å². The SMILES string of the molecule is C#CCOCCOCCc1cc(C2(C(F)(F)F)NN2)ccc1C(=O)OS. The van der Waals surface area contributed by atoms with E-state index < -0.39 is 17.8 Å². The second-order valence-electron chi connectivity index (χ2n) is 5.37. The van der Waals surface area contributed by atoms with E-state index in [0.29, 0.717) is 12.2 Å². The number of benzene rings is 1. The van der Waals surface area contributed by atoms with E-state index in [1.807, 2.05) is 0 Å². The van der Waals surface area contributed by atoms with Gasteiger partial charge in [-0.25, -0.2) is 15.6 Å². The topological polar surface area (TPSA) is 88.6 Å². The Labute approximate surface area is 154 Å². The van der Waals surface area contributed by atoms with Gasteiger partial charge in [0.2, 0.25) is 5.66 Å². The maximum absolute atomic E-state index is 13.2.